The Morgan fingerprint density at radius 2 is 2.00 bits per heavy atom. The van der Waals surface area contributed by atoms with Gasteiger partial charge in [-0.3, -0.25) is 0 Å². The van der Waals surface area contributed by atoms with Gasteiger partial charge >= 0.3 is 0 Å². The second kappa shape index (κ2) is 5.67. The first-order chi connectivity index (χ1) is 6.26. The Labute approximate surface area is 84.1 Å². The second-order valence-electron chi connectivity index (χ2n) is 5.08. The van der Waals surface area contributed by atoms with Gasteiger partial charge in [0, 0.05) is 0 Å². The highest BCUT2D eigenvalue weighted by Crippen LogP contribution is 2.36. The minimum atomic E-state index is 1.02. The van der Waals surface area contributed by atoms with Crippen LogP contribution in [0, 0.1) is 17.8 Å². The smallest absolute Gasteiger partial charge is 0.0409 e. The van der Waals surface area contributed by atoms with Crippen LogP contribution >= 0.6 is 0 Å². The first-order valence-electron chi connectivity index (χ1n) is 6.26. The molecule has 0 aromatic heterocycles. The number of hydrogen-bond donors (Lipinski definition) is 0. The molecule has 0 heterocycles. The Hall–Kier alpha value is 0. The minimum absolute atomic E-state index is 1.02. The molecule has 1 aliphatic carbocycles. The molecule has 0 N–H and O–H groups in total. The average molecular weight is 182 g/mol. The van der Waals surface area contributed by atoms with E-state index in [1.165, 1.54) is 44.9 Å². The third-order valence-electron chi connectivity index (χ3n) is 3.74. The van der Waals surface area contributed by atoms with Gasteiger partial charge in [-0.1, -0.05) is 52.9 Å². The van der Waals surface area contributed by atoms with E-state index in [0.29, 0.717) is 0 Å². The fourth-order valence-corrected chi connectivity index (χ4v) is 2.91. The van der Waals surface area contributed by atoms with Crippen molar-refractivity contribution in [1.82, 2.24) is 0 Å². The van der Waals surface area contributed by atoms with Gasteiger partial charge < -0.3 is 0 Å². The number of hydrogen-bond acceptors (Lipinski definition) is 0. The summed E-state index contributed by atoms with van der Waals surface area (Å²) in [5, 5.41) is 0. The Morgan fingerprint density at radius 1 is 1.23 bits per heavy atom. The molecular formula is C13H26. The summed E-state index contributed by atoms with van der Waals surface area (Å²) in [6, 6.07) is 0. The van der Waals surface area contributed by atoms with Gasteiger partial charge in [0.25, 0.3) is 0 Å². The Kier molecular flexibility index (Phi) is 4.83. The zero-order valence-corrected chi connectivity index (χ0v) is 9.68. The van der Waals surface area contributed by atoms with Gasteiger partial charge in [-0.15, -0.1) is 0 Å². The van der Waals surface area contributed by atoms with Crippen LogP contribution in [0.25, 0.3) is 0 Å². The van der Waals surface area contributed by atoms with E-state index in [-0.39, 0.29) is 0 Å². The van der Waals surface area contributed by atoms with Gasteiger partial charge in [-0.05, 0) is 30.6 Å². The molecule has 0 bridgehead atoms. The van der Waals surface area contributed by atoms with Crippen LogP contribution in [0.4, 0.5) is 0 Å². The van der Waals surface area contributed by atoms with Crippen molar-refractivity contribution >= 4 is 0 Å². The van der Waals surface area contributed by atoms with Crippen LogP contribution in [0.1, 0.15) is 65.7 Å². The molecular weight excluding hydrogens is 156 g/mol. The van der Waals surface area contributed by atoms with Crippen LogP contribution in [0.2, 0.25) is 0 Å². The number of rotatable bonds is 5. The summed E-state index contributed by atoms with van der Waals surface area (Å²) in [4.78, 5) is 0. The SMILES string of the molecule is CCCC(CC)CC1CCC(C)C1. The first-order valence-corrected chi connectivity index (χ1v) is 6.26. The fourth-order valence-electron chi connectivity index (χ4n) is 2.91. The van der Waals surface area contributed by atoms with E-state index in [1.807, 2.05) is 0 Å². The summed E-state index contributed by atoms with van der Waals surface area (Å²) < 4.78 is 0. The molecule has 1 aliphatic rings. The molecule has 0 aliphatic heterocycles. The van der Waals surface area contributed by atoms with Crippen LogP contribution < -0.4 is 0 Å². The van der Waals surface area contributed by atoms with Crippen LogP contribution in [0.5, 0.6) is 0 Å². The maximum atomic E-state index is 2.42. The van der Waals surface area contributed by atoms with E-state index in [0.717, 1.165) is 17.8 Å². The van der Waals surface area contributed by atoms with Crippen molar-refractivity contribution in [2.45, 2.75) is 65.7 Å². The molecule has 1 fully saturated rings. The summed E-state index contributed by atoms with van der Waals surface area (Å²) >= 11 is 0. The second-order valence-corrected chi connectivity index (χ2v) is 5.08. The molecule has 0 spiro atoms. The summed E-state index contributed by atoms with van der Waals surface area (Å²) in [5.74, 6) is 3.12. The summed E-state index contributed by atoms with van der Waals surface area (Å²) in [5.41, 5.74) is 0. The highest BCUT2D eigenvalue weighted by atomic mass is 14.3. The summed E-state index contributed by atoms with van der Waals surface area (Å²) in [7, 11) is 0. The first kappa shape index (κ1) is 11.1. The highest BCUT2D eigenvalue weighted by molar-refractivity contribution is 4.75. The van der Waals surface area contributed by atoms with E-state index in [4.69, 9.17) is 0 Å². The van der Waals surface area contributed by atoms with Crippen molar-refractivity contribution in [2.24, 2.45) is 17.8 Å². The zero-order chi connectivity index (χ0) is 9.68. The molecule has 0 nitrogen and oxygen atoms in total. The van der Waals surface area contributed by atoms with Gasteiger partial charge in [-0.2, -0.15) is 0 Å². The lowest BCUT2D eigenvalue weighted by molar-refractivity contribution is 0.340. The van der Waals surface area contributed by atoms with Crippen molar-refractivity contribution in [1.29, 1.82) is 0 Å². The lowest BCUT2D eigenvalue weighted by Gasteiger charge is -2.18. The van der Waals surface area contributed by atoms with Gasteiger partial charge in [0.05, 0.1) is 0 Å². The molecule has 0 aromatic carbocycles. The molecule has 0 saturated heterocycles. The third kappa shape index (κ3) is 3.70. The maximum absolute atomic E-state index is 2.42. The molecule has 0 heteroatoms. The highest BCUT2D eigenvalue weighted by Gasteiger charge is 2.23. The predicted octanol–water partition coefficient (Wildman–Crippen LogP) is 4.64. The largest absolute Gasteiger partial charge is 0.0654 e. The topological polar surface area (TPSA) is 0 Å². The lowest BCUT2D eigenvalue weighted by atomic mass is 9.88. The van der Waals surface area contributed by atoms with Crippen LogP contribution in [-0.2, 0) is 0 Å². The van der Waals surface area contributed by atoms with Crippen molar-refractivity contribution in [3.05, 3.63) is 0 Å². The van der Waals surface area contributed by atoms with Crippen molar-refractivity contribution in [2.75, 3.05) is 0 Å². The lowest BCUT2D eigenvalue weighted by Crippen LogP contribution is -2.05. The van der Waals surface area contributed by atoms with Gasteiger partial charge in [-0.25, -0.2) is 0 Å². The normalized spacial score (nSPS) is 30.7. The van der Waals surface area contributed by atoms with Crippen molar-refractivity contribution < 1.29 is 0 Å². The zero-order valence-electron chi connectivity index (χ0n) is 9.68. The molecule has 0 aromatic rings. The Balaban J connectivity index is 2.21. The third-order valence-corrected chi connectivity index (χ3v) is 3.74. The van der Waals surface area contributed by atoms with Gasteiger partial charge in [0.1, 0.15) is 0 Å². The molecule has 3 atom stereocenters. The van der Waals surface area contributed by atoms with Crippen LogP contribution in [-0.4, -0.2) is 0 Å². The Morgan fingerprint density at radius 3 is 2.46 bits per heavy atom. The maximum Gasteiger partial charge on any atom is -0.0409 e. The van der Waals surface area contributed by atoms with E-state index in [2.05, 4.69) is 20.8 Å². The molecule has 1 rings (SSSR count). The Bertz CT molecular complexity index is 126. The molecule has 0 radical (unpaired) electrons. The van der Waals surface area contributed by atoms with Gasteiger partial charge in [0.15, 0.2) is 0 Å². The monoisotopic (exact) mass is 182 g/mol. The average Bonchev–Trinajstić information content (AvgIpc) is 2.50. The minimum Gasteiger partial charge on any atom is -0.0654 e. The molecule has 13 heavy (non-hydrogen) atoms. The van der Waals surface area contributed by atoms with Gasteiger partial charge in [0.2, 0.25) is 0 Å². The standard InChI is InChI=1S/C13H26/c1-4-6-12(5-2)10-13-8-7-11(3)9-13/h11-13H,4-10H2,1-3H3. The fraction of sp³-hybridized carbons (Fsp3) is 1.00. The quantitative estimate of drug-likeness (QED) is 0.581. The molecule has 1 saturated carbocycles. The van der Waals surface area contributed by atoms with E-state index in [9.17, 15) is 0 Å². The van der Waals surface area contributed by atoms with E-state index < -0.39 is 0 Å². The molecule has 3 unspecified atom stereocenters. The molecule has 78 valence electrons. The van der Waals surface area contributed by atoms with Crippen LogP contribution in [0.3, 0.4) is 0 Å². The van der Waals surface area contributed by atoms with Crippen molar-refractivity contribution in [3.8, 4) is 0 Å². The van der Waals surface area contributed by atoms with E-state index >= 15 is 0 Å². The summed E-state index contributed by atoms with van der Waals surface area (Å²) in [6.45, 7) is 7.10. The summed E-state index contributed by atoms with van der Waals surface area (Å²) in [6.07, 6.45) is 10.3. The predicted molar refractivity (Wildman–Crippen MR) is 59.8 cm³/mol. The van der Waals surface area contributed by atoms with E-state index in [1.54, 1.807) is 0 Å². The molecule has 0 amide bonds. The van der Waals surface area contributed by atoms with Crippen molar-refractivity contribution in [3.63, 3.8) is 0 Å². The van der Waals surface area contributed by atoms with Crippen LogP contribution in [0.15, 0.2) is 0 Å².